The van der Waals surface area contributed by atoms with E-state index in [2.05, 4.69) is 27.6 Å². The third-order valence-electron chi connectivity index (χ3n) is 2.81. The van der Waals surface area contributed by atoms with Crippen LogP contribution in [0.2, 0.25) is 0 Å². The van der Waals surface area contributed by atoms with Gasteiger partial charge in [-0.25, -0.2) is 0 Å². The third kappa shape index (κ3) is 3.51. The molecule has 100 valence electrons. The minimum absolute atomic E-state index is 0.114. The van der Waals surface area contributed by atoms with Gasteiger partial charge in [-0.3, -0.25) is 0 Å². The molecule has 4 heteroatoms. The van der Waals surface area contributed by atoms with Crippen LogP contribution in [-0.2, 0) is 0 Å². The number of ether oxygens (including phenoxy) is 1. The Labute approximate surface area is 113 Å². The van der Waals surface area contributed by atoms with Crippen molar-refractivity contribution in [2.75, 3.05) is 7.05 Å². The molecule has 19 heavy (non-hydrogen) atoms. The lowest BCUT2D eigenvalue weighted by molar-refractivity contribution is 0.242. The molecule has 0 bridgehead atoms. The fourth-order valence-electron chi connectivity index (χ4n) is 2.01. The SMILES string of the molecule is CNC(c1ccc(OC(C)C)cc1)c1ccnnc1. The fraction of sp³-hybridized carbons (Fsp3) is 0.333. The molecule has 0 saturated heterocycles. The Morgan fingerprint density at radius 2 is 1.74 bits per heavy atom. The summed E-state index contributed by atoms with van der Waals surface area (Å²) in [6.07, 6.45) is 3.67. The van der Waals surface area contributed by atoms with Gasteiger partial charge in [-0.1, -0.05) is 12.1 Å². The summed E-state index contributed by atoms with van der Waals surface area (Å²) in [6, 6.07) is 10.2. The number of rotatable bonds is 5. The van der Waals surface area contributed by atoms with Crippen LogP contribution < -0.4 is 10.1 Å². The standard InChI is InChI=1S/C15H19N3O/c1-11(2)19-14-6-4-12(5-7-14)15(16-3)13-8-9-17-18-10-13/h4-11,15-16H,1-3H3. The molecule has 2 aromatic rings. The van der Waals surface area contributed by atoms with Gasteiger partial charge in [-0.15, -0.1) is 0 Å². The molecule has 2 rings (SSSR count). The largest absolute Gasteiger partial charge is 0.491 e. The maximum Gasteiger partial charge on any atom is 0.119 e. The predicted octanol–water partition coefficient (Wildman–Crippen LogP) is 2.57. The van der Waals surface area contributed by atoms with Gasteiger partial charge in [0.05, 0.1) is 18.3 Å². The van der Waals surface area contributed by atoms with E-state index < -0.39 is 0 Å². The van der Waals surface area contributed by atoms with E-state index in [4.69, 9.17) is 4.74 Å². The van der Waals surface area contributed by atoms with Crippen LogP contribution in [0, 0.1) is 0 Å². The second kappa shape index (κ2) is 6.29. The van der Waals surface area contributed by atoms with E-state index in [0.29, 0.717) is 0 Å². The van der Waals surface area contributed by atoms with Gasteiger partial charge in [-0.05, 0) is 50.2 Å². The molecule has 0 aliphatic carbocycles. The normalized spacial score (nSPS) is 12.4. The van der Waals surface area contributed by atoms with Crippen LogP contribution in [0.3, 0.4) is 0 Å². The molecule has 1 heterocycles. The van der Waals surface area contributed by atoms with E-state index in [1.165, 1.54) is 5.56 Å². The lowest BCUT2D eigenvalue weighted by atomic mass is 10.0. The van der Waals surface area contributed by atoms with Crippen LogP contribution in [0.1, 0.15) is 31.0 Å². The molecule has 0 saturated carbocycles. The quantitative estimate of drug-likeness (QED) is 0.894. The smallest absolute Gasteiger partial charge is 0.119 e. The molecule has 0 radical (unpaired) electrons. The van der Waals surface area contributed by atoms with Crippen molar-refractivity contribution < 1.29 is 4.74 Å². The Balaban J connectivity index is 2.20. The zero-order valence-electron chi connectivity index (χ0n) is 11.5. The molecular formula is C15H19N3O. The number of hydrogen-bond acceptors (Lipinski definition) is 4. The Morgan fingerprint density at radius 1 is 1.00 bits per heavy atom. The van der Waals surface area contributed by atoms with Crippen LogP contribution in [0.5, 0.6) is 5.75 Å². The number of benzene rings is 1. The second-order valence-corrected chi connectivity index (χ2v) is 4.63. The summed E-state index contributed by atoms with van der Waals surface area (Å²) in [5.41, 5.74) is 2.27. The molecule has 4 nitrogen and oxygen atoms in total. The average molecular weight is 257 g/mol. The van der Waals surface area contributed by atoms with E-state index >= 15 is 0 Å². The zero-order valence-corrected chi connectivity index (χ0v) is 11.5. The minimum atomic E-state index is 0.114. The second-order valence-electron chi connectivity index (χ2n) is 4.63. The highest BCUT2D eigenvalue weighted by molar-refractivity contribution is 5.34. The number of nitrogens with one attached hydrogen (secondary N) is 1. The van der Waals surface area contributed by atoms with Crippen LogP contribution in [0.15, 0.2) is 42.7 Å². The van der Waals surface area contributed by atoms with Gasteiger partial charge in [0.1, 0.15) is 5.75 Å². The van der Waals surface area contributed by atoms with E-state index in [1.54, 1.807) is 12.4 Å². The van der Waals surface area contributed by atoms with Crippen molar-refractivity contribution in [3.63, 3.8) is 0 Å². The van der Waals surface area contributed by atoms with Gasteiger partial charge in [0.25, 0.3) is 0 Å². The Hall–Kier alpha value is -1.94. The fourth-order valence-corrected chi connectivity index (χ4v) is 2.01. The first-order valence-electron chi connectivity index (χ1n) is 6.41. The molecule has 0 amide bonds. The maximum atomic E-state index is 5.65. The summed E-state index contributed by atoms with van der Waals surface area (Å²) in [6.45, 7) is 4.04. The molecule has 0 spiro atoms. The van der Waals surface area contributed by atoms with Gasteiger partial charge in [0, 0.05) is 6.20 Å². The first-order valence-corrected chi connectivity index (χ1v) is 6.41. The molecule has 1 N–H and O–H groups in total. The van der Waals surface area contributed by atoms with E-state index in [9.17, 15) is 0 Å². The highest BCUT2D eigenvalue weighted by Crippen LogP contribution is 2.23. The van der Waals surface area contributed by atoms with Crippen molar-refractivity contribution in [2.24, 2.45) is 0 Å². The predicted molar refractivity (Wildman–Crippen MR) is 75.1 cm³/mol. The highest BCUT2D eigenvalue weighted by Gasteiger charge is 2.12. The molecule has 0 fully saturated rings. The van der Waals surface area contributed by atoms with Gasteiger partial charge >= 0.3 is 0 Å². The lowest BCUT2D eigenvalue weighted by Crippen LogP contribution is -2.18. The molecule has 1 unspecified atom stereocenters. The van der Waals surface area contributed by atoms with E-state index in [1.807, 2.05) is 39.1 Å². The summed E-state index contributed by atoms with van der Waals surface area (Å²) in [7, 11) is 1.93. The molecule has 1 aromatic heterocycles. The molecule has 1 atom stereocenters. The lowest BCUT2D eigenvalue weighted by Gasteiger charge is -2.17. The van der Waals surface area contributed by atoms with E-state index in [0.717, 1.165) is 11.3 Å². The first-order chi connectivity index (χ1) is 9.20. The van der Waals surface area contributed by atoms with Gasteiger partial charge in [0.15, 0.2) is 0 Å². The Bertz CT molecular complexity index is 497. The van der Waals surface area contributed by atoms with Crippen LogP contribution in [-0.4, -0.2) is 23.3 Å². The summed E-state index contributed by atoms with van der Waals surface area (Å²) in [4.78, 5) is 0. The summed E-state index contributed by atoms with van der Waals surface area (Å²) < 4.78 is 5.65. The summed E-state index contributed by atoms with van der Waals surface area (Å²) >= 11 is 0. The summed E-state index contributed by atoms with van der Waals surface area (Å²) in [5.74, 6) is 0.890. The molecule has 0 aliphatic rings. The number of hydrogen-bond donors (Lipinski definition) is 1. The van der Waals surface area contributed by atoms with Crippen molar-refractivity contribution in [3.05, 3.63) is 53.9 Å². The monoisotopic (exact) mass is 257 g/mol. The van der Waals surface area contributed by atoms with Gasteiger partial charge in [0.2, 0.25) is 0 Å². The van der Waals surface area contributed by atoms with Crippen LogP contribution >= 0.6 is 0 Å². The van der Waals surface area contributed by atoms with Crippen molar-refractivity contribution in [2.45, 2.75) is 26.0 Å². The van der Waals surface area contributed by atoms with Crippen LogP contribution in [0.25, 0.3) is 0 Å². The average Bonchev–Trinajstić information content (AvgIpc) is 2.42. The van der Waals surface area contributed by atoms with Crippen molar-refractivity contribution in [3.8, 4) is 5.75 Å². The van der Waals surface area contributed by atoms with Gasteiger partial charge in [-0.2, -0.15) is 10.2 Å². The van der Waals surface area contributed by atoms with Crippen LogP contribution in [0.4, 0.5) is 0 Å². The van der Waals surface area contributed by atoms with E-state index in [-0.39, 0.29) is 12.1 Å². The number of nitrogens with zero attached hydrogens (tertiary/aromatic N) is 2. The summed E-state index contributed by atoms with van der Waals surface area (Å²) in [5, 5.41) is 11.0. The van der Waals surface area contributed by atoms with Gasteiger partial charge < -0.3 is 10.1 Å². The van der Waals surface area contributed by atoms with Crippen molar-refractivity contribution >= 4 is 0 Å². The topological polar surface area (TPSA) is 47.0 Å². The minimum Gasteiger partial charge on any atom is -0.491 e. The maximum absolute atomic E-state index is 5.65. The highest BCUT2D eigenvalue weighted by atomic mass is 16.5. The zero-order chi connectivity index (χ0) is 13.7. The van der Waals surface area contributed by atoms with Crippen molar-refractivity contribution in [1.29, 1.82) is 0 Å². The Kier molecular flexibility index (Phi) is 4.47. The third-order valence-corrected chi connectivity index (χ3v) is 2.81. The molecule has 1 aromatic carbocycles. The first kappa shape index (κ1) is 13.5. The number of aromatic nitrogens is 2. The molecular weight excluding hydrogens is 238 g/mol. The molecule has 0 aliphatic heterocycles. The Morgan fingerprint density at radius 3 is 2.26 bits per heavy atom. The van der Waals surface area contributed by atoms with Crippen molar-refractivity contribution in [1.82, 2.24) is 15.5 Å².